The molecule has 0 fully saturated rings. The highest BCUT2D eigenvalue weighted by Crippen LogP contribution is 2.24. The minimum atomic E-state index is 0.0849. The van der Waals surface area contributed by atoms with E-state index in [0.717, 1.165) is 11.5 Å². The number of rotatable bonds is 4. The largest absolute Gasteiger partial charge is 0.396 e. The van der Waals surface area contributed by atoms with Crippen molar-refractivity contribution in [3.63, 3.8) is 0 Å². The number of aryl methyl sites for hydroxylation is 1. The van der Waals surface area contributed by atoms with E-state index in [1.807, 2.05) is 13.0 Å². The summed E-state index contributed by atoms with van der Waals surface area (Å²) in [7, 11) is 0. The van der Waals surface area contributed by atoms with E-state index in [2.05, 4.69) is 36.1 Å². The molecule has 0 aliphatic heterocycles. The molecule has 4 nitrogen and oxygen atoms in total. The SMILES string of the molecule is Cc1cc(NC(CCO)C(C)(C)C)ncn1. The van der Waals surface area contributed by atoms with Gasteiger partial charge < -0.3 is 10.4 Å². The van der Waals surface area contributed by atoms with E-state index in [0.29, 0.717) is 6.42 Å². The second-order valence-electron chi connectivity index (χ2n) is 5.12. The molecule has 16 heavy (non-hydrogen) atoms. The lowest BCUT2D eigenvalue weighted by Crippen LogP contribution is -2.35. The first-order chi connectivity index (χ1) is 7.43. The van der Waals surface area contributed by atoms with Crippen LogP contribution in [0.2, 0.25) is 0 Å². The summed E-state index contributed by atoms with van der Waals surface area (Å²) in [5.74, 6) is 0.820. The lowest BCUT2D eigenvalue weighted by molar-refractivity contribution is 0.235. The van der Waals surface area contributed by atoms with Crippen LogP contribution in [-0.4, -0.2) is 27.7 Å². The van der Waals surface area contributed by atoms with Gasteiger partial charge in [-0.3, -0.25) is 0 Å². The molecule has 1 atom stereocenters. The van der Waals surface area contributed by atoms with E-state index in [9.17, 15) is 0 Å². The Bertz CT molecular complexity index is 333. The molecule has 1 aromatic heterocycles. The average molecular weight is 223 g/mol. The molecular formula is C12H21N3O. The van der Waals surface area contributed by atoms with Gasteiger partial charge in [0.25, 0.3) is 0 Å². The molecule has 1 heterocycles. The zero-order valence-corrected chi connectivity index (χ0v) is 10.5. The Kier molecular flexibility index (Phi) is 4.24. The molecule has 0 amide bonds. The van der Waals surface area contributed by atoms with Crippen molar-refractivity contribution >= 4 is 5.82 Å². The Labute approximate surface area is 97.1 Å². The minimum absolute atomic E-state index is 0.0849. The van der Waals surface area contributed by atoms with Gasteiger partial charge in [0.1, 0.15) is 12.1 Å². The van der Waals surface area contributed by atoms with Gasteiger partial charge in [-0.15, -0.1) is 0 Å². The monoisotopic (exact) mass is 223 g/mol. The van der Waals surface area contributed by atoms with Crippen LogP contribution in [0.1, 0.15) is 32.9 Å². The van der Waals surface area contributed by atoms with Crippen molar-refractivity contribution in [3.05, 3.63) is 18.1 Å². The maximum Gasteiger partial charge on any atom is 0.129 e. The van der Waals surface area contributed by atoms with Crippen molar-refractivity contribution in [3.8, 4) is 0 Å². The van der Waals surface area contributed by atoms with Crippen LogP contribution < -0.4 is 5.32 Å². The summed E-state index contributed by atoms with van der Waals surface area (Å²) in [5, 5.41) is 12.4. The van der Waals surface area contributed by atoms with E-state index in [1.165, 1.54) is 0 Å². The molecule has 0 bridgehead atoms. The topological polar surface area (TPSA) is 58.0 Å². The van der Waals surface area contributed by atoms with Crippen molar-refractivity contribution < 1.29 is 5.11 Å². The van der Waals surface area contributed by atoms with Crippen molar-refractivity contribution in [2.45, 2.75) is 40.2 Å². The highest BCUT2D eigenvalue weighted by molar-refractivity contribution is 5.36. The van der Waals surface area contributed by atoms with Gasteiger partial charge in [0.05, 0.1) is 0 Å². The Morgan fingerprint density at radius 1 is 1.38 bits per heavy atom. The molecule has 2 N–H and O–H groups in total. The van der Waals surface area contributed by atoms with E-state index in [1.54, 1.807) is 6.33 Å². The standard InChI is InChI=1S/C12H21N3O/c1-9-7-11(14-8-13-9)15-10(5-6-16)12(2,3)4/h7-8,10,16H,5-6H2,1-4H3,(H,13,14,15). The number of aliphatic hydroxyl groups excluding tert-OH is 1. The summed E-state index contributed by atoms with van der Waals surface area (Å²) in [6, 6.07) is 2.11. The number of hydrogen-bond donors (Lipinski definition) is 2. The Balaban J connectivity index is 2.76. The summed E-state index contributed by atoms with van der Waals surface area (Å²) >= 11 is 0. The summed E-state index contributed by atoms with van der Waals surface area (Å²) < 4.78 is 0. The molecule has 0 radical (unpaired) electrons. The summed E-state index contributed by atoms with van der Waals surface area (Å²) in [6.07, 6.45) is 2.27. The highest BCUT2D eigenvalue weighted by atomic mass is 16.3. The fourth-order valence-electron chi connectivity index (χ4n) is 1.56. The van der Waals surface area contributed by atoms with Crippen molar-refractivity contribution in [2.24, 2.45) is 5.41 Å². The van der Waals surface area contributed by atoms with E-state index in [-0.39, 0.29) is 18.1 Å². The lowest BCUT2D eigenvalue weighted by atomic mass is 9.85. The van der Waals surface area contributed by atoms with Gasteiger partial charge in [0.15, 0.2) is 0 Å². The smallest absolute Gasteiger partial charge is 0.129 e. The molecular weight excluding hydrogens is 202 g/mol. The molecule has 0 saturated heterocycles. The first kappa shape index (κ1) is 12.9. The molecule has 1 unspecified atom stereocenters. The van der Waals surface area contributed by atoms with Crippen LogP contribution in [0.25, 0.3) is 0 Å². The molecule has 4 heteroatoms. The Morgan fingerprint density at radius 3 is 2.56 bits per heavy atom. The summed E-state index contributed by atoms with van der Waals surface area (Å²) in [4.78, 5) is 8.23. The van der Waals surface area contributed by atoms with Gasteiger partial charge in [-0.2, -0.15) is 0 Å². The predicted octanol–water partition coefficient (Wildman–Crippen LogP) is 1.99. The first-order valence-electron chi connectivity index (χ1n) is 5.59. The number of hydrogen-bond acceptors (Lipinski definition) is 4. The second kappa shape index (κ2) is 5.25. The third-order valence-corrected chi connectivity index (χ3v) is 2.59. The van der Waals surface area contributed by atoms with Crippen molar-refractivity contribution in [2.75, 3.05) is 11.9 Å². The number of aromatic nitrogens is 2. The highest BCUT2D eigenvalue weighted by Gasteiger charge is 2.24. The van der Waals surface area contributed by atoms with Crippen LogP contribution in [-0.2, 0) is 0 Å². The van der Waals surface area contributed by atoms with Crippen molar-refractivity contribution in [1.29, 1.82) is 0 Å². The number of nitrogens with one attached hydrogen (secondary N) is 1. The maximum absolute atomic E-state index is 9.06. The molecule has 1 rings (SSSR count). The normalized spacial score (nSPS) is 13.6. The van der Waals surface area contributed by atoms with Gasteiger partial charge in [-0.1, -0.05) is 20.8 Å². The summed E-state index contributed by atoms with van der Waals surface area (Å²) in [6.45, 7) is 8.56. The maximum atomic E-state index is 9.06. The fourth-order valence-corrected chi connectivity index (χ4v) is 1.56. The predicted molar refractivity (Wildman–Crippen MR) is 65.3 cm³/mol. The molecule has 1 aromatic rings. The Morgan fingerprint density at radius 2 is 2.06 bits per heavy atom. The molecule has 0 aromatic carbocycles. The van der Waals surface area contributed by atoms with Gasteiger partial charge in [-0.05, 0) is 18.8 Å². The quantitative estimate of drug-likeness (QED) is 0.819. The zero-order valence-electron chi connectivity index (χ0n) is 10.5. The van der Waals surface area contributed by atoms with Gasteiger partial charge >= 0.3 is 0 Å². The third-order valence-electron chi connectivity index (χ3n) is 2.59. The fraction of sp³-hybridized carbons (Fsp3) is 0.667. The second-order valence-corrected chi connectivity index (χ2v) is 5.12. The summed E-state index contributed by atoms with van der Waals surface area (Å²) in [5.41, 5.74) is 1.02. The number of aliphatic hydroxyl groups is 1. The molecule has 0 aliphatic carbocycles. The minimum Gasteiger partial charge on any atom is -0.396 e. The van der Waals surface area contributed by atoms with Gasteiger partial charge in [0.2, 0.25) is 0 Å². The van der Waals surface area contributed by atoms with Gasteiger partial charge in [-0.25, -0.2) is 9.97 Å². The average Bonchev–Trinajstić information content (AvgIpc) is 2.16. The van der Waals surface area contributed by atoms with E-state index in [4.69, 9.17) is 5.11 Å². The molecule has 0 saturated carbocycles. The van der Waals surface area contributed by atoms with Gasteiger partial charge in [0, 0.05) is 24.4 Å². The zero-order chi connectivity index (χ0) is 12.2. The molecule has 90 valence electrons. The van der Waals surface area contributed by atoms with Crippen molar-refractivity contribution in [1.82, 2.24) is 9.97 Å². The van der Waals surface area contributed by atoms with E-state index < -0.39 is 0 Å². The number of nitrogens with zero attached hydrogens (tertiary/aromatic N) is 2. The van der Waals surface area contributed by atoms with Crippen LogP contribution in [0.3, 0.4) is 0 Å². The third kappa shape index (κ3) is 3.77. The Hall–Kier alpha value is -1.16. The molecule has 0 spiro atoms. The van der Waals surface area contributed by atoms with Crippen LogP contribution in [0.4, 0.5) is 5.82 Å². The first-order valence-corrected chi connectivity index (χ1v) is 5.59. The lowest BCUT2D eigenvalue weighted by Gasteiger charge is -2.31. The molecule has 0 aliphatic rings. The van der Waals surface area contributed by atoms with Crippen LogP contribution in [0, 0.1) is 12.3 Å². The van der Waals surface area contributed by atoms with Crippen LogP contribution >= 0.6 is 0 Å². The van der Waals surface area contributed by atoms with E-state index >= 15 is 0 Å². The number of anilines is 1. The van der Waals surface area contributed by atoms with Crippen LogP contribution in [0.5, 0.6) is 0 Å². The van der Waals surface area contributed by atoms with Crippen LogP contribution in [0.15, 0.2) is 12.4 Å².